The molecule has 18 heavy (non-hydrogen) atoms. The van der Waals surface area contributed by atoms with E-state index in [9.17, 15) is 17.1 Å². The van der Waals surface area contributed by atoms with E-state index < -0.39 is 21.9 Å². The molecule has 8 heteroatoms. The molecule has 1 aromatic rings. The number of halogens is 1. The van der Waals surface area contributed by atoms with Crippen LogP contribution in [0.1, 0.15) is 6.42 Å². The number of anilines is 2. The van der Waals surface area contributed by atoms with Gasteiger partial charge in [-0.15, -0.1) is 3.89 Å². The summed E-state index contributed by atoms with van der Waals surface area (Å²) >= 11 is 0. The summed E-state index contributed by atoms with van der Waals surface area (Å²) in [6.45, 7) is 0.174. The Bertz CT molecular complexity index is 558. The van der Waals surface area contributed by atoms with Crippen LogP contribution in [0.5, 0.6) is 0 Å². The van der Waals surface area contributed by atoms with Gasteiger partial charge in [0.05, 0.1) is 17.6 Å². The van der Waals surface area contributed by atoms with Crippen LogP contribution in [0.4, 0.5) is 15.4 Å². The van der Waals surface area contributed by atoms with Crippen LogP contribution in [-0.4, -0.2) is 31.6 Å². The van der Waals surface area contributed by atoms with E-state index in [-0.39, 0.29) is 18.9 Å². The minimum atomic E-state index is -4.56. The van der Waals surface area contributed by atoms with Gasteiger partial charge in [-0.25, -0.2) is 4.98 Å². The largest absolute Gasteiger partial charge is 0.384 e. The number of carbonyl (C=O) groups excluding carboxylic acids is 1. The molecule has 1 atom stereocenters. The summed E-state index contributed by atoms with van der Waals surface area (Å²) in [5.74, 6) is -1.06. The van der Waals surface area contributed by atoms with E-state index in [1.807, 2.05) is 0 Å². The zero-order chi connectivity index (χ0) is 13.3. The number of hydrogen-bond acceptors (Lipinski definition) is 5. The highest BCUT2D eigenvalue weighted by Gasteiger charge is 2.33. The van der Waals surface area contributed by atoms with Crippen molar-refractivity contribution in [1.82, 2.24) is 4.98 Å². The van der Waals surface area contributed by atoms with Crippen LogP contribution < -0.4 is 10.6 Å². The van der Waals surface area contributed by atoms with Gasteiger partial charge >= 0.3 is 10.2 Å². The summed E-state index contributed by atoms with van der Waals surface area (Å²) < 4.78 is 33.7. The summed E-state index contributed by atoms with van der Waals surface area (Å²) in [5.41, 5.74) is 5.96. The molecular formula is C10H12FN3O3S. The van der Waals surface area contributed by atoms with E-state index in [0.29, 0.717) is 11.5 Å². The Morgan fingerprint density at radius 3 is 2.78 bits per heavy atom. The Labute approximate surface area is 104 Å². The number of aromatic nitrogens is 1. The monoisotopic (exact) mass is 273 g/mol. The standard InChI is InChI=1S/C10H12FN3O3S/c11-18(16,17)6-7-3-10(15)14(5-7)8-1-2-9(12)13-4-8/h1-2,4,7H,3,5-6H2,(H2,12,13). The Morgan fingerprint density at radius 1 is 1.50 bits per heavy atom. The van der Waals surface area contributed by atoms with Crippen molar-refractivity contribution < 1.29 is 17.1 Å². The van der Waals surface area contributed by atoms with Crippen LogP contribution in [0.25, 0.3) is 0 Å². The average Bonchev–Trinajstić information content (AvgIpc) is 2.58. The van der Waals surface area contributed by atoms with Crippen molar-refractivity contribution in [2.75, 3.05) is 22.9 Å². The molecule has 98 valence electrons. The Morgan fingerprint density at radius 2 is 2.22 bits per heavy atom. The van der Waals surface area contributed by atoms with E-state index >= 15 is 0 Å². The molecule has 1 unspecified atom stereocenters. The first kappa shape index (κ1) is 12.7. The van der Waals surface area contributed by atoms with Gasteiger partial charge in [0.2, 0.25) is 5.91 Å². The minimum Gasteiger partial charge on any atom is -0.384 e. The lowest BCUT2D eigenvalue weighted by molar-refractivity contribution is -0.117. The summed E-state index contributed by atoms with van der Waals surface area (Å²) in [6.07, 6.45) is 1.45. The zero-order valence-electron chi connectivity index (χ0n) is 9.41. The lowest BCUT2D eigenvalue weighted by atomic mass is 10.1. The van der Waals surface area contributed by atoms with Gasteiger partial charge < -0.3 is 10.6 Å². The molecule has 2 N–H and O–H groups in total. The van der Waals surface area contributed by atoms with Gasteiger partial charge in [-0.05, 0) is 12.1 Å². The first-order valence-corrected chi connectivity index (χ1v) is 6.84. The molecule has 6 nitrogen and oxygen atoms in total. The van der Waals surface area contributed by atoms with Crippen molar-refractivity contribution in [2.24, 2.45) is 5.92 Å². The van der Waals surface area contributed by atoms with Crippen LogP contribution in [0.15, 0.2) is 18.3 Å². The lowest BCUT2D eigenvalue weighted by Gasteiger charge is -2.15. The predicted molar refractivity (Wildman–Crippen MR) is 64.0 cm³/mol. The van der Waals surface area contributed by atoms with Crippen molar-refractivity contribution in [3.8, 4) is 0 Å². The Hall–Kier alpha value is -1.70. The van der Waals surface area contributed by atoms with E-state index in [1.165, 1.54) is 11.1 Å². The van der Waals surface area contributed by atoms with Crippen LogP contribution in [0.3, 0.4) is 0 Å². The third kappa shape index (κ3) is 2.95. The Kier molecular flexibility index (Phi) is 3.20. The highest BCUT2D eigenvalue weighted by molar-refractivity contribution is 7.86. The Balaban J connectivity index is 2.12. The molecule has 1 saturated heterocycles. The number of nitrogens with zero attached hydrogens (tertiary/aromatic N) is 2. The molecule has 2 rings (SSSR count). The maximum Gasteiger partial charge on any atom is 0.302 e. The summed E-state index contributed by atoms with van der Waals surface area (Å²) in [7, 11) is -4.56. The molecule has 1 aliphatic heterocycles. The van der Waals surface area contributed by atoms with Crippen molar-refractivity contribution in [3.05, 3.63) is 18.3 Å². The van der Waals surface area contributed by atoms with E-state index in [0.717, 1.165) is 0 Å². The van der Waals surface area contributed by atoms with Gasteiger partial charge in [0, 0.05) is 18.9 Å². The number of carbonyl (C=O) groups is 1. The predicted octanol–water partition coefficient (Wildman–Crippen LogP) is 0.316. The molecule has 0 aromatic carbocycles. The van der Waals surface area contributed by atoms with Gasteiger partial charge in [-0.3, -0.25) is 4.79 Å². The third-order valence-electron chi connectivity index (χ3n) is 2.72. The van der Waals surface area contributed by atoms with E-state index in [1.54, 1.807) is 12.1 Å². The number of nitrogens with two attached hydrogens (primary N) is 1. The molecule has 0 aliphatic carbocycles. The molecule has 0 radical (unpaired) electrons. The first-order valence-electron chi connectivity index (χ1n) is 5.29. The topological polar surface area (TPSA) is 93.4 Å². The number of amides is 1. The molecule has 0 saturated carbocycles. The normalized spacial score (nSPS) is 20.4. The van der Waals surface area contributed by atoms with Gasteiger partial charge in [0.15, 0.2) is 0 Å². The molecule has 1 fully saturated rings. The second-order valence-corrected chi connectivity index (χ2v) is 5.63. The number of nitrogen functional groups attached to an aromatic ring is 1. The van der Waals surface area contributed by atoms with E-state index in [4.69, 9.17) is 5.73 Å². The molecule has 1 aliphatic rings. The molecule has 0 bridgehead atoms. The SMILES string of the molecule is Nc1ccc(N2CC(CS(=O)(=O)F)CC2=O)cn1. The van der Waals surface area contributed by atoms with Crippen molar-refractivity contribution >= 4 is 27.6 Å². The maximum atomic E-state index is 12.6. The van der Waals surface area contributed by atoms with Crippen molar-refractivity contribution in [2.45, 2.75) is 6.42 Å². The molecule has 2 heterocycles. The quantitative estimate of drug-likeness (QED) is 0.800. The van der Waals surface area contributed by atoms with Crippen LogP contribution in [0.2, 0.25) is 0 Å². The fraction of sp³-hybridized carbons (Fsp3) is 0.400. The number of rotatable bonds is 3. The molecule has 1 aromatic heterocycles. The van der Waals surface area contributed by atoms with Gasteiger partial charge in [-0.2, -0.15) is 8.42 Å². The van der Waals surface area contributed by atoms with Gasteiger partial charge in [0.1, 0.15) is 5.82 Å². The number of pyridine rings is 1. The van der Waals surface area contributed by atoms with Gasteiger partial charge in [-0.1, -0.05) is 0 Å². The summed E-state index contributed by atoms with van der Waals surface area (Å²) in [5, 5.41) is 0. The molecular weight excluding hydrogens is 261 g/mol. The molecule has 1 amide bonds. The van der Waals surface area contributed by atoms with Crippen LogP contribution >= 0.6 is 0 Å². The number of hydrogen-bond donors (Lipinski definition) is 1. The fourth-order valence-corrected chi connectivity index (χ4v) is 2.77. The summed E-state index contributed by atoms with van der Waals surface area (Å²) in [4.78, 5) is 16.9. The fourth-order valence-electron chi connectivity index (χ4n) is 1.98. The van der Waals surface area contributed by atoms with Crippen LogP contribution in [-0.2, 0) is 15.0 Å². The van der Waals surface area contributed by atoms with Crippen LogP contribution in [0, 0.1) is 5.92 Å². The minimum absolute atomic E-state index is 0.0214. The third-order valence-corrected chi connectivity index (χ3v) is 3.59. The molecule has 0 spiro atoms. The highest BCUT2D eigenvalue weighted by Crippen LogP contribution is 2.25. The maximum absolute atomic E-state index is 12.6. The van der Waals surface area contributed by atoms with Crippen molar-refractivity contribution in [3.63, 3.8) is 0 Å². The second-order valence-electron chi connectivity index (χ2n) is 4.22. The van der Waals surface area contributed by atoms with Crippen molar-refractivity contribution in [1.29, 1.82) is 0 Å². The zero-order valence-corrected chi connectivity index (χ0v) is 10.2. The second kappa shape index (κ2) is 4.52. The van der Waals surface area contributed by atoms with Gasteiger partial charge in [0.25, 0.3) is 0 Å². The smallest absolute Gasteiger partial charge is 0.302 e. The highest BCUT2D eigenvalue weighted by atomic mass is 32.3. The average molecular weight is 273 g/mol. The van der Waals surface area contributed by atoms with E-state index in [2.05, 4.69) is 4.98 Å². The lowest BCUT2D eigenvalue weighted by Crippen LogP contribution is -2.25. The summed E-state index contributed by atoms with van der Waals surface area (Å²) in [6, 6.07) is 3.16. The first-order chi connectivity index (χ1) is 8.35.